The fourth-order valence-electron chi connectivity index (χ4n) is 3.11. The van der Waals surface area contributed by atoms with Crippen molar-refractivity contribution in [3.63, 3.8) is 0 Å². The van der Waals surface area contributed by atoms with Crippen molar-refractivity contribution >= 4 is 11.7 Å². The van der Waals surface area contributed by atoms with E-state index in [1.54, 1.807) is 0 Å². The van der Waals surface area contributed by atoms with Crippen LogP contribution in [0.15, 0.2) is 5.16 Å². The standard InChI is InChI=1S/C11H17NO3/c1-2-8(11(13)14)9-5-6-3-7(4-6)10(9)12-15/h6-9,15H,2-5H2,1H3,(H,13,14)/t6?,7?,8?,9-/m1/s1. The molecule has 3 aliphatic rings. The highest BCUT2D eigenvalue weighted by Gasteiger charge is 2.47. The smallest absolute Gasteiger partial charge is 0.307 e. The molecule has 4 nitrogen and oxygen atoms in total. The minimum Gasteiger partial charge on any atom is -0.481 e. The van der Waals surface area contributed by atoms with Crippen molar-refractivity contribution in [1.82, 2.24) is 0 Å². The van der Waals surface area contributed by atoms with Gasteiger partial charge >= 0.3 is 5.97 Å². The van der Waals surface area contributed by atoms with E-state index in [-0.39, 0.29) is 11.8 Å². The monoisotopic (exact) mass is 211 g/mol. The zero-order valence-electron chi connectivity index (χ0n) is 8.89. The number of carboxylic acids is 1. The molecule has 0 radical (unpaired) electrons. The average molecular weight is 211 g/mol. The van der Waals surface area contributed by atoms with Gasteiger partial charge in [0.15, 0.2) is 0 Å². The predicted molar refractivity (Wildman–Crippen MR) is 55.0 cm³/mol. The molecule has 3 rings (SSSR count). The van der Waals surface area contributed by atoms with Crippen molar-refractivity contribution < 1.29 is 15.1 Å². The van der Waals surface area contributed by atoms with Crippen LogP contribution in [-0.4, -0.2) is 22.0 Å². The molecule has 84 valence electrons. The molecule has 3 saturated carbocycles. The first kappa shape index (κ1) is 10.5. The first-order chi connectivity index (χ1) is 7.17. The summed E-state index contributed by atoms with van der Waals surface area (Å²) < 4.78 is 0. The summed E-state index contributed by atoms with van der Waals surface area (Å²) in [5.41, 5.74) is 0.742. The largest absolute Gasteiger partial charge is 0.481 e. The molecule has 0 aliphatic heterocycles. The number of aliphatic carboxylic acids is 1. The normalized spacial score (nSPS) is 38.5. The SMILES string of the molecule is CCC(C(=O)O)[C@H]1CC2CC(C2)C1=NO. The molecule has 3 aliphatic carbocycles. The number of carboxylic acid groups (broad SMARTS) is 1. The zero-order valence-corrected chi connectivity index (χ0v) is 8.89. The van der Waals surface area contributed by atoms with Gasteiger partial charge in [-0.1, -0.05) is 12.1 Å². The molecule has 0 heterocycles. The first-order valence-electron chi connectivity index (χ1n) is 5.62. The van der Waals surface area contributed by atoms with Crippen LogP contribution in [0.25, 0.3) is 0 Å². The number of hydrogen-bond acceptors (Lipinski definition) is 3. The lowest BCUT2D eigenvalue weighted by molar-refractivity contribution is -0.143. The van der Waals surface area contributed by atoms with Crippen LogP contribution in [0, 0.1) is 23.7 Å². The molecular formula is C11H17NO3. The van der Waals surface area contributed by atoms with Crippen LogP contribution in [0.3, 0.4) is 0 Å². The lowest BCUT2D eigenvalue weighted by Crippen LogP contribution is -2.46. The van der Waals surface area contributed by atoms with Gasteiger partial charge in [-0.25, -0.2) is 0 Å². The fourth-order valence-corrected chi connectivity index (χ4v) is 3.11. The molecule has 2 N–H and O–H groups in total. The van der Waals surface area contributed by atoms with Gasteiger partial charge in [0.25, 0.3) is 0 Å². The maximum Gasteiger partial charge on any atom is 0.307 e. The molecule has 0 aromatic rings. The van der Waals surface area contributed by atoms with Crippen LogP contribution in [0.4, 0.5) is 0 Å². The zero-order chi connectivity index (χ0) is 11.0. The van der Waals surface area contributed by atoms with E-state index >= 15 is 0 Å². The summed E-state index contributed by atoms with van der Waals surface area (Å²) in [5, 5.41) is 21.4. The van der Waals surface area contributed by atoms with Crippen molar-refractivity contribution in [1.29, 1.82) is 0 Å². The number of fused-ring (bicyclic) bond motifs is 2. The Balaban J connectivity index is 2.16. The van der Waals surface area contributed by atoms with Gasteiger partial charge in [0, 0.05) is 11.8 Å². The Hall–Kier alpha value is -1.06. The van der Waals surface area contributed by atoms with Crippen molar-refractivity contribution in [2.45, 2.75) is 32.6 Å². The minimum atomic E-state index is -0.759. The highest BCUT2D eigenvalue weighted by molar-refractivity contribution is 5.93. The van der Waals surface area contributed by atoms with Crippen LogP contribution < -0.4 is 0 Å². The lowest BCUT2D eigenvalue weighted by atomic mass is 9.57. The number of hydrogen-bond donors (Lipinski definition) is 2. The van der Waals surface area contributed by atoms with E-state index in [4.69, 9.17) is 10.3 Å². The summed E-state index contributed by atoms with van der Waals surface area (Å²) in [5.74, 6) is -0.146. The Bertz CT molecular complexity index is 294. The third-order valence-corrected chi connectivity index (χ3v) is 3.98. The van der Waals surface area contributed by atoms with E-state index in [1.165, 1.54) is 0 Å². The molecule has 2 bridgehead atoms. The Labute approximate surface area is 89.0 Å². The minimum absolute atomic E-state index is 0.0324. The molecular weight excluding hydrogens is 194 g/mol. The van der Waals surface area contributed by atoms with Gasteiger partial charge in [-0.3, -0.25) is 4.79 Å². The number of carbonyl (C=O) groups is 1. The first-order valence-corrected chi connectivity index (χ1v) is 5.62. The summed E-state index contributed by atoms with van der Waals surface area (Å²) in [4.78, 5) is 11.1. The van der Waals surface area contributed by atoms with Gasteiger partial charge in [0.1, 0.15) is 0 Å². The van der Waals surface area contributed by atoms with Crippen LogP contribution in [0.5, 0.6) is 0 Å². The van der Waals surface area contributed by atoms with E-state index in [1.807, 2.05) is 6.92 Å². The van der Waals surface area contributed by atoms with Crippen molar-refractivity contribution in [2.24, 2.45) is 28.8 Å². The second kappa shape index (κ2) is 3.83. The number of nitrogens with zero attached hydrogens (tertiary/aromatic N) is 1. The second-order valence-electron chi connectivity index (χ2n) is 4.75. The summed E-state index contributed by atoms with van der Waals surface area (Å²) in [6.07, 6.45) is 3.68. The Morgan fingerprint density at radius 1 is 1.53 bits per heavy atom. The maximum absolute atomic E-state index is 11.1. The molecule has 0 saturated heterocycles. The van der Waals surface area contributed by atoms with Gasteiger partial charge in [-0.15, -0.1) is 0 Å². The molecule has 2 atom stereocenters. The second-order valence-corrected chi connectivity index (χ2v) is 4.75. The fraction of sp³-hybridized carbons (Fsp3) is 0.818. The summed E-state index contributed by atoms with van der Waals surface area (Å²) in [6.45, 7) is 1.88. The van der Waals surface area contributed by atoms with Crippen molar-refractivity contribution in [3.8, 4) is 0 Å². The molecule has 3 fully saturated rings. The average Bonchev–Trinajstić information content (AvgIpc) is 2.16. The predicted octanol–water partition coefficient (Wildman–Crippen LogP) is 1.97. The van der Waals surface area contributed by atoms with Gasteiger partial charge in [-0.2, -0.15) is 0 Å². The molecule has 4 heteroatoms. The summed E-state index contributed by atoms with van der Waals surface area (Å²) in [6, 6.07) is 0. The maximum atomic E-state index is 11.1. The number of rotatable bonds is 3. The van der Waals surface area contributed by atoms with Crippen molar-refractivity contribution in [2.75, 3.05) is 0 Å². The third kappa shape index (κ3) is 1.62. The summed E-state index contributed by atoms with van der Waals surface area (Å²) >= 11 is 0. The van der Waals surface area contributed by atoms with Crippen molar-refractivity contribution in [3.05, 3.63) is 0 Å². The molecule has 0 aromatic heterocycles. The van der Waals surface area contributed by atoms with Gasteiger partial charge in [0.05, 0.1) is 11.6 Å². The molecule has 0 amide bonds. The van der Waals surface area contributed by atoms with E-state index in [0.717, 1.165) is 25.0 Å². The third-order valence-electron chi connectivity index (χ3n) is 3.98. The molecule has 1 unspecified atom stereocenters. The van der Waals surface area contributed by atoms with E-state index in [9.17, 15) is 4.79 Å². The Morgan fingerprint density at radius 3 is 2.67 bits per heavy atom. The van der Waals surface area contributed by atoms with Gasteiger partial charge in [0.2, 0.25) is 0 Å². The van der Waals surface area contributed by atoms with Crippen LogP contribution in [0.1, 0.15) is 32.6 Å². The van der Waals surface area contributed by atoms with Gasteiger partial charge < -0.3 is 10.3 Å². The molecule has 0 spiro atoms. The van der Waals surface area contributed by atoms with E-state index in [2.05, 4.69) is 5.16 Å². The van der Waals surface area contributed by atoms with Gasteiger partial charge in [-0.05, 0) is 31.6 Å². The topological polar surface area (TPSA) is 69.9 Å². The van der Waals surface area contributed by atoms with Crippen LogP contribution in [-0.2, 0) is 4.79 Å². The highest BCUT2D eigenvalue weighted by Crippen LogP contribution is 2.49. The highest BCUT2D eigenvalue weighted by atomic mass is 16.4. The summed E-state index contributed by atoms with van der Waals surface area (Å²) in [7, 11) is 0. The Morgan fingerprint density at radius 2 is 2.20 bits per heavy atom. The van der Waals surface area contributed by atoms with E-state index in [0.29, 0.717) is 18.3 Å². The quantitative estimate of drug-likeness (QED) is 0.554. The van der Waals surface area contributed by atoms with Crippen LogP contribution >= 0.6 is 0 Å². The Kier molecular flexibility index (Phi) is 2.67. The molecule has 15 heavy (non-hydrogen) atoms. The number of oxime groups is 1. The lowest BCUT2D eigenvalue weighted by Gasteiger charge is -2.47. The van der Waals surface area contributed by atoms with Crippen LogP contribution in [0.2, 0.25) is 0 Å². The molecule has 0 aromatic carbocycles. The van der Waals surface area contributed by atoms with E-state index < -0.39 is 5.97 Å².